The Bertz CT molecular complexity index is 663. The maximum absolute atomic E-state index is 13.7. The molecule has 1 rings (SSSR count). The van der Waals surface area contributed by atoms with Gasteiger partial charge in [0.15, 0.2) is 0 Å². The first-order valence-electron chi connectivity index (χ1n) is 6.35. The van der Waals surface area contributed by atoms with Crippen molar-refractivity contribution in [1.29, 1.82) is 0 Å². The smallest absolute Gasteiger partial charge is 0.259 e. The van der Waals surface area contributed by atoms with E-state index in [2.05, 4.69) is 11.9 Å². The Morgan fingerprint density at radius 2 is 2.09 bits per heavy atom. The van der Waals surface area contributed by atoms with Crippen LogP contribution < -0.4 is 15.8 Å². The third-order valence-electron chi connectivity index (χ3n) is 2.77. The summed E-state index contributed by atoms with van der Waals surface area (Å²) in [7, 11) is 1.38. The first-order valence-corrected chi connectivity index (χ1v) is 6.35. The van der Waals surface area contributed by atoms with E-state index < -0.39 is 17.6 Å². The molecule has 0 heterocycles. The number of hydrogen-bond donors (Lipinski definition) is 2. The average Bonchev–Trinajstić information content (AvgIpc) is 2.51. The van der Waals surface area contributed by atoms with Gasteiger partial charge in [0, 0.05) is 5.56 Å². The quantitative estimate of drug-likeness (QED) is 0.792. The molecular formula is C16H17FN2O3. The molecule has 0 bridgehead atoms. The van der Waals surface area contributed by atoms with Crippen LogP contribution in [0.2, 0.25) is 0 Å². The number of primary amides is 1. The van der Waals surface area contributed by atoms with Crippen LogP contribution in [0.5, 0.6) is 5.75 Å². The van der Waals surface area contributed by atoms with Gasteiger partial charge < -0.3 is 15.8 Å². The second-order valence-corrected chi connectivity index (χ2v) is 4.30. The molecule has 0 atom stereocenters. The molecule has 22 heavy (non-hydrogen) atoms. The third kappa shape index (κ3) is 4.31. The van der Waals surface area contributed by atoms with Crippen LogP contribution >= 0.6 is 0 Å². The van der Waals surface area contributed by atoms with Crippen molar-refractivity contribution in [3.8, 4) is 5.75 Å². The van der Waals surface area contributed by atoms with E-state index in [9.17, 15) is 14.0 Å². The van der Waals surface area contributed by atoms with Crippen LogP contribution in [-0.4, -0.2) is 18.9 Å². The van der Waals surface area contributed by atoms with E-state index >= 15 is 0 Å². The minimum absolute atomic E-state index is 0.0228. The molecule has 0 aliphatic rings. The summed E-state index contributed by atoms with van der Waals surface area (Å²) in [6, 6.07) is 4.18. The Morgan fingerprint density at radius 3 is 2.64 bits per heavy atom. The molecule has 0 saturated heterocycles. The molecular weight excluding hydrogens is 287 g/mol. The minimum Gasteiger partial charge on any atom is -0.496 e. The highest BCUT2D eigenvalue weighted by Gasteiger charge is 2.15. The monoisotopic (exact) mass is 304 g/mol. The summed E-state index contributed by atoms with van der Waals surface area (Å²) in [6.45, 7) is 4.83. The molecule has 1 aromatic rings. The molecule has 116 valence electrons. The summed E-state index contributed by atoms with van der Waals surface area (Å²) in [5.41, 5.74) is 5.44. The molecule has 6 heteroatoms. The van der Waals surface area contributed by atoms with Crippen LogP contribution in [0.25, 0.3) is 0 Å². The van der Waals surface area contributed by atoms with Crippen LogP contribution in [0.1, 0.15) is 27.6 Å². The molecule has 0 aromatic heterocycles. The van der Waals surface area contributed by atoms with E-state index in [1.165, 1.54) is 50.5 Å². The number of benzene rings is 1. The van der Waals surface area contributed by atoms with Crippen LogP contribution in [-0.2, 0) is 0 Å². The van der Waals surface area contributed by atoms with Gasteiger partial charge in [-0.15, -0.1) is 0 Å². The summed E-state index contributed by atoms with van der Waals surface area (Å²) in [6.07, 6.45) is 3.98. The van der Waals surface area contributed by atoms with Crippen LogP contribution in [0.3, 0.4) is 0 Å². The summed E-state index contributed by atoms with van der Waals surface area (Å²) in [5, 5.41) is 2.39. The SMILES string of the molecule is C=C/C=C\C(F)=C(/C)NC(=O)c1cc(C(N)=O)ccc1OC. The Morgan fingerprint density at radius 1 is 1.41 bits per heavy atom. The molecule has 2 amide bonds. The lowest BCUT2D eigenvalue weighted by molar-refractivity contribution is 0.0962. The van der Waals surface area contributed by atoms with Gasteiger partial charge in [-0.2, -0.15) is 0 Å². The zero-order chi connectivity index (χ0) is 16.7. The Hall–Kier alpha value is -2.89. The fourth-order valence-electron chi connectivity index (χ4n) is 1.61. The van der Waals surface area contributed by atoms with Crippen molar-refractivity contribution >= 4 is 11.8 Å². The number of carbonyl (C=O) groups is 2. The molecule has 0 saturated carbocycles. The molecule has 0 aliphatic carbocycles. The van der Waals surface area contributed by atoms with E-state index in [1.807, 2.05) is 0 Å². The van der Waals surface area contributed by atoms with Crippen molar-refractivity contribution in [1.82, 2.24) is 5.32 Å². The topological polar surface area (TPSA) is 81.4 Å². The van der Waals surface area contributed by atoms with Gasteiger partial charge in [-0.05, 0) is 31.2 Å². The van der Waals surface area contributed by atoms with E-state index in [1.54, 1.807) is 0 Å². The number of nitrogens with one attached hydrogen (secondary N) is 1. The van der Waals surface area contributed by atoms with Gasteiger partial charge in [-0.3, -0.25) is 9.59 Å². The van der Waals surface area contributed by atoms with E-state index in [0.29, 0.717) is 0 Å². The van der Waals surface area contributed by atoms with Crippen molar-refractivity contribution < 1.29 is 18.7 Å². The lowest BCUT2D eigenvalue weighted by Crippen LogP contribution is -2.23. The van der Waals surface area contributed by atoms with Gasteiger partial charge in [0.1, 0.15) is 11.6 Å². The van der Waals surface area contributed by atoms with E-state index in [0.717, 1.165) is 0 Å². The summed E-state index contributed by atoms with van der Waals surface area (Å²) >= 11 is 0. The molecule has 0 fully saturated rings. The zero-order valence-electron chi connectivity index (χ0n) is 12.4. The molecule has 0 spiro atoms. The highest BCUT2D eigenvalue weighted by atomic mass is 19.1. The lowest BCUT2D eigenvalue weighted by atomic mass is 10.1. The number of nitrogens with two attached hydrogens (primary N) is 1. The third-order valence-corrected chi connectivity index (χ3v) is 2.77. The number of allylic oxidation sites excluding steroid dienone is 5. The maximum Gasteiger partial charge on any atom is 0.259 e. The van der Waals surface area contributed by atoms with Crippen LogP contribution in [0.15, 0.2) is 54.5 Å². The molecule has 5 nitrogen and oxygen atoms in total. The number of hydrogen-bond acceptors (Lipinski definition) is 3. The summed E-state index contributed by atoms with van der Waals surface area (Å²) in [4.78, 5) is 23.4. The number of methoxy groups -OCH3 is 1. The van der Waals surface area contributed by atoms with Crippen LogP contribution in [0, 0.1) is 0 Å². The van der Waals surface area contributed by atoms with Gasteiger partial charge in [0.2, 0.25) is 5.91 Å². The molecule has 0 aliphatic heterocycles. The zero-order valence-corrected chi connectivity index (χ0v) is 12.4. The highest BCUT2D eigenvalue weighted by Crippen LogP contribution is 2.20. The normalized spacial score (nSPS) is 11.8. The summed E-state index contributed by atoms with van der Waals surface area (Å²) in [5.74, 6) is -1.65. The minimum atomic E-state index is -0.677. The second kappa shape index (κ2) is 7.78. The fraction of sp³-hybridized carbons (Fsp3) is 0.125. The number of amides is 2. The predicted molar refractivity (Wildman–Crippen MR) is 82.1 cm³/mol. The van der Waals surface area contributed by atoms with Crippen molar-refractivity contribution in [2.75, 3.05) is 7.11 Å². The van der Waals surface area contributed by atoms with Crippen molar-refractivity contribution in [2.24, 2.45) is 5.73 Å². The number of ether oxygens (including phenoxy) is 1. The van der Waals surface area contributed by atoms with Crippen molar-refractivity contribution in [2.45, 2.75) is 6.92 Å². The molecule has 0 unspecified atom stereocenters. The van der Waals surface area contributed by atoms with E-state index in [4.69, 9.17) is 10.5 Å². The fourth-order valence-corrected chi connectivity index (χ4v) is 1.61. The molecule has 1 aromatic carbocycles. The van der Waals surface area contributed by atoms with Gasteiger partial charge in [0.05, 0.1) is 18.4 Å². The number of carbonyl (C=O) groups excluding carboxylic acids is 2. The second-order valence-electron chi connectivity index (χ2n) is 4.30. The lowest BCUT2D eigenvalue weighted by Gasteiger charge is -2.11. The van der Waals surface area contributed by atoms with Crippen molar-refractivity contribution in [3.63, 3.8) is 0 Å². The summed E-state index contributed by atoms with van der Waals surface area (Å²) < 4.78 is 18.7. The predicted octanol–water partition coefficient (Wildman–Crippen LogP) is 2.47. The first-order chi connectivity index (χ1) is 10.4. The highest BCUT2D eigenvalue weighted by molar-refractivity contribution is 6.01. The first kappa shape index (κ1) is 17.2. The number of rotatable bonds is 6. The Kier molecular flexibility index (Phi) is 6.07. The van der Waals surface area contributed by atoms with Crippen LogP contribution in [0.4, 0.5) is 4.39 Å². The number of halogens is 1. The molecule has 0 radical (unpaired) electrons. The average molecular weight is 304 g/mol. The van der Waals surface area contributed by atoms with Gasteiger partial charge >= 0.3 is 0 Å². The van der Waals surface area contributed by atoms with Gasteiger partial charge in [-0.1, -0.05) is 18.7 Å². The maximum atomic E-state index is 13.7. The largest absolute Gasteiger partial charge is 0.496 e. The standard InChI is InChI=1S/C16H17FN2O3/c1-4-5-6-13(17)10(2)19-16(21)12-9-11(15(18)20)7-8-14(12)22-3/h4-9H,1H2,2-3H3,(H2,18,20)(H,19,21)/b6-5-,13-10-. The molecule has 3 N–H and O–H groups in total. The van der Waals surface area contributed by atoms with E-state index in [-0.39, 0.29) is 22.6 Å². The Balaban J connectivity index is 3.12. The van der Waals surface area contributed by atoms with Gasteiger partial charge in [-0.25, -0.2) is 4.39 Å². The van der Waals surface area contributed by atoms with Crippen molar-refractivity contribution in [3.05, 3.63) is 65.7 Å². The Labute approximate surface area is 128 Å². The van der Waals surface area contributed by atoms with Gasteiger partial charge in [0.25, 0.3) is 5.91 Å².